The largest absolute Gasteiger partial charge is 0.456 e. The van der Waals surface area contributed by atoms with Crippen LogP contribution in [0.1, 0.15) is 0 Å². The fourth-order valence-corrected chi connectivity index (χ4v) is 4.98. The monoisotopic (exact) mass is 504 g/mol. The van der Waals surface area contributed by atoms with Gasteiger partial charge in [-0.2, -0.15) is 0 Å². The highest BCUT2D eigenvalue weighted by molar-refractivity contribution is 6.12. The number of hydrogen-bond acceptors (Lipinski definition) is 4. The van der Waals surface area contributed by atoms with Crippen molar-refractivity contribution in [3.63, 3.8) is 0 Å². The maximum atomic E-state index is 6.42. The van der Waals surface area contributed by atoms with Crippen molar-refractivity contribution in [2.75, 3.05) is 4.90 Å². The first-order valence-electron chi connectivity index (χ1n) is 12.9. The van der Waals surface area contributed by atoms with Gasteiger partial charge in [-0.3, -0.25) is 0 Å². The molecule has 0 aliphatic rings. The Morgan fingerprint density at radius 3 is 1.79 bits per heavy atom. The minimum Gasteiger partial charge on any atom is -0.456 e. The Kier molecular flexibility index (Phi) is 5.76. The molecule has 0 amide bonds. The van der Waals surface area contributed by atoms with Gasteiger partial charge < -0.3 is 13.7 Å². The van der Waals surface area contributed by atoms with E-state index < -0.39 is 0 Å². The summed E-state index contributed by atoms with van der Waals surface area (Å²) in [6.45, 7) is 0. The van der Waals surface area contributed by atoms with Gasteiger partial charge >= 0.3 is 0 Å². The summed E-state index contributed by atoms with van der Waals surface area (Å²) < 4.78 is 12.7. The molecule has 0 saturated carbocycles. The molecule has 0 aliphatic carbocycles. The van der Waals surface area contributed by atoms with Gasteiger partial charge in [-0.15, -0.1) is 0 Å². The van der Waals surface area contributed by atoms with E-state index in [9.17, 15) is 0 Å². The highest BCUT2D eigenvalue weighted by Gasteiger charge is 2.18. The SMILES string of the molecule is c1cccc(-c2nc3ccccc3o2)c2c(ccc1)oc1ccc(N(c3ccccc3)c3ccccc3)cc12. The maximum absolute atomic E-state index is 6.42. The Labute approximate surface area is 225 Å². The van der Waals surface area contributed by atoms with E-state index in [1.807, 2.05) is 84.9 Å². The summed E-state index contributed by atoms with van der Waals surface area (Å²) in [7, 11) is 0. The second-order valence-corrected chi connectivity index (χ2v) is 9.22. The van der Waals surface area contributed by atoms with Gasteiger partial charge in [-0.25, -0.2) is 4.98 Å². The first kappa shape index (κ1) is 22.8. The van der Waals surface area contributed by atoms with Crippen molar-refractivity contribution in [1.29, 1.82) is 0 Å². The van der Waals surface area contributed by atoms with Crippen LogP contribution in [0.15, 0.2) is 154 Å². The van der Waals surface area contributed by atoms with Crippen molar-refractivity contribution in [2.24, 2.45) is 0 Å². The van der Waals surface area contributed by atoms with Gasteiger partial charge in [0.1, 0.15) is 16.7 Å². The molecular formula is C35H24N2O2. The van der Waals surface area contributed by atoms with E-state index >= 15 is 0 Å². The molecule has 0 N–H and O–H groups in total. The lowest BCUT2D eigenvalue weighted by molar-refractivity contribution is 0.620. The number of nitrogens with zero attached hydrogens (tertiary/aromatic N) is 2. The zero-order valence-electron chi connectivity index (χ0n) is 21.1. The van der Waals surface area contributed by atoms with Gasteiger partial charge in [0.15, 0.2) is 5.58 Å². The van der Waals surface area contributed by atoms with Crippen molar-refractivity contribution in [2.45, 2.75) is 0 Å². The molecule has 7 rings (SSSR count). The predicted octanol–water partition coefficient (Wildman–Crippen LogP) is 9.99. The Balaban J connectivity index is 1.54. The summed E-state index contributed by atoms with van der Waals surface area (Å²) in [6.07, 6.45) is 0. The summed E-state index contributed by atoms with van der Waals surface area (Å²) in [4.78, 5) is 7.09. The lowest BCUT2D eigenvalue weighted by atomic mass is 10.1. The molecule has 0 atom stereocenters. The molecule has 0 bridgehead atoms. The normalized spacial score (nSPS) is 11.1. The number of hydrogen-bond donors (Lipinski definition) is 0. The van der Waals surface area contributed by atoms with Crippen LogP contribution >= 0.6 is 0 Å². The molecule has 5 aromatic carbocycles. The van der Waals surface area contributed by atoms with Crippen LogP contribution in [-0.2, 0) is 0 Å². The summed E-state index contributed by atoms with van der Waals surface area (Å²) in [5, 5.41) is 1.92. The molecule has 0 saturated heterocycles. The number of para-hydroxylation sites is 4. The molecule has 39 heavy (non-hydrogen) atoms. The summed E-state index contributed by atoms with van der Waals surface area (Å²) >= 11 is 0. The highest BCUT2D eigenvalue weighted by atomic mass is 16.3. The van der Waals surface area contributed by atoms with Crippen LogP contribution in [0, 0.1) is 0 Å². The maximum Gasteiger partial charge on any atom is 0.228 e. The number of furan rings is 1. The molecule has 186 valence electrons. The van der Waals surface area contributed by atoms with Gasteiger partial charge in [0.25, 0.3) is 0 Å². The quantitative estimate of drug-likeness (QED) is 0.239. The minimum atomic E-state index is 0.552. The van der Waals surface area contributed by atoms with Gasteiger partial charge in [0.05, 0.1) is 0 Å². The number of aromatic nitrogens is 1. The number of anilines is 3. The molecule has 7 aromatic rings. The number of fused-ring (bicyclic) bond motifs is 4. The Morgan fingerprint density at radius 1 is 0.462 bits per heavy atom. The standard InChI is InChI=1S/C35H24N2O2/c1-2-10-18-28(35-36-30-19-12-13-20-32(30)39-35)34-29-24-27(22-23-31(29)38-33(34)21-11-3-1)37(25-14-6-4-7-15-25)26-16-8-5-9-17-26/h1-24H. The van der Waals surface area contributed by atoms with Crippen LogP contribution in [0.2, 0.25) is 0 Å². The van der Waals surface area contributed by atoms with Crippen molar-refractivity contribution >= 4 is 50.1 Å². The third-order valence-corrected chi connectivity index (χ3v) is 6.73. The van der Waals surface area contributed by atoms with Crippen LogP contribution in [0.4, 0.5) is 17.1 Å². The molecule has 0 radical (unpaired) electrons. The molecule has 4 nitrogen and oxygen atoms in total. The summed E-state index contributed by atoms with van der Waals surface area (Å²) in [5.74, 6) is 0.552. The van der Waals surface area contributed by atoms with Gasteiger partial charge in [0, 0.05) is 33.4 Å². The Bertz CT molecular complexity index is 1900. The van der Waals surface area contributed by atoms with E-state index in [1.54, 1.807) is 0 Å². The Hall–Kier alpha value is -5.35. The van der Waals surface area contributed by atoms with E-state index in [1.165, 1.54) is 0 Å². The lowest BCUT2D eigenvalue weighted by Gasteiger charge is -2.25. The van der Waals surface area contributed by atoms with Gasteiger partial charge in [-0.1, -0.05) is 78.9 Å². The van der Waals surface area contributed by atoms with Crippen molar-refractivity contribution in [3.05, 3.63) is 146 Å². The number of rotatable bonds is 4. The van der Waals surface area contributed by atoms with Crippen molar-refractivity contribution in [3.8, 4) is 11.5 Å². The first-order valence-corrected chi connectivity index (χ1v) is 12.9. The lowest BCUT2D eigenvalue weighted by Crippen LogP contribution is -2.09. The van der Waals surface area contributed by atoms with E-state index in [-0.39, 0.29) is 0 Å². The first-order chi connectivity index (χ1) is 19.3. The van der Waals surface area contributed by atoms with Crippen LogP contribution in [0.5, 0.6) is 0 Å². The topological polar surface area (TPSA) is 42.4 Å². The second-order valence-electron chi connectivity index (χ2n) is 9.22. The van der Waals surface area contributed by atoms with Gasteiger partial charge in [0.2, 0.25) is 5.89 Å². The number of oxazole rings is 1. The second kappa shape index (κ2) is 9.84. The molecule has 2 heterocycles. The average Bonchev–Trinajstić information content (AvgIpc) is 3.58. The third-order valence-electron chi connectivity index (χ3n) is 6.73. The molecule has 0 aliphatic heterocycles. The Morgan fingerprint density at radius 2 is 1.05 bits per heavy atom. The van der Waals surface area contributed by atoms with Crippen LogP contribution in [0.3, 0.4) is 0 Å². The molecule has 0 spiro atoms. The average molecular weight is 505 g/mol. The van der Waals surface area contributed by atoms with E-state index in [0.29, 0.717) is 5.89 Å². The zero-order chi connectivity index (χ0) is 26.0. The smallest absolute Gasteiger partial charge is 0.228 e. The molecule has 0 fully saturated rings. The molecule has 2 aromatic heterocycles. The fourth-order valence-electron chi connectivity index (χ4n) is 4.98. The summed E-state index contributed by atoms with van der Waals surface area (Å²) in [6, 6.07) is 48.9. The fraction of sp³-hybridized carbons (Fsp3) is 0. The van der Waals surface area contributed by atoms with Crippen LogP contribution in [0.25, 0.3) is 44.5 Å². The van der Waals surface area contributed by atoms with Crippen LogP contribution < -0.4 is 4.90 Å². The van der Waals surface area contributed by atoms with Crippen molar-refractivity contribution < 1.29 is 8.83 Å². The van der Waals surface area contributed by atoms with E-state index in [4.69, 9.17) is 13.8 Å². The minimum absolute atomic E-state index is 0.552. The van der Waals surface area contributed by atoms with Crippen LogP contribution in [-0.4, -0.2) is 4.98 Å². The molecule has 0 unspecified atom stereocenters. The van der Waals surface area contributed by atoms with Crippen molar-refractivity contribution in [1.82, 2.24) is 4.98 Å². The number of benzene rings is 4. The molecular weight excluding hydrogens is 480 g/mol. The van der Waals surface area contributed by atoms with Gasteiger partial charge in [-0.05, 0) is 66.7 Å². The predicted molar refractivity (Wildman–Crippen MR) is 159 cm³/mol. The van der Waals surface area contributed by atoms with E-state index in [2.05, 4.69) is 65.6 Å². The third kappa shape index (κ3) is 4.28. The highest BCUT2D eigenvalue weighted by Crippen LogP contribution is 2.40. The molecule has 4 heteroatoms. The summed E-state index contributed by atoms with van der Waals surface area (Å²) in [5.41, 5.74) is 7.15. The zero-order valence-corrected chi connectivity index (χ0v) is 21.1. The van der Waals surface area contributed by atoms with E-state index in [0.717, 1.165) is 55.7 Å².